The van der Waals surface area contributed by atoms with Crippen LogP contribution in [0.5, 0.6) is 0 Å². The molecule has 6 rings (SSSR count). The minimum Gasteiger partial charge on any atom is -0.462 e. The number of likely N-dealkylation sites (tertiary alicyclic amines) is 1. The number of aryl methyl sites for hydroxylation is 1. The van der Waals surface area contributed by atoms with Crippen molar-refractivity contribution in [2.24, 2.45) is 0 Å². The maximum atomic E-state index is 13.3. The van der Waals surface area contributed by atoms with Gasteiger partial charge in [-0.15, -0.1) is 0 Å². The van der Waals surface area contributed by atoms with Gasteiger partial charge in [0.2, 0.25) is 0 Å². The van der Waals surface area contributed by atoms with Crippen LogP contribution in [-0.2, 0) is 6.54 Å². The van der Waals surface area contributed by atoms with Crippen LogP contribution in [0.4, 0.5) is 11.6 Å². The molecule has 186 valence electrons. The fourth-order valence-corrected chi connectivity index (χ4v) is 4.92. The lowest BCUT2D eigenvalue weighted by atomic mass is 10.0. The largest absolute Gasteiger partial charge is 0.462 e. The molecule has 37 heavy (non-hydrogen) atoms. The number of carbonyl (C=O) groups is 1. The van der Waals surface area contributed by atoms with Crippen LogP contribution >= 0.6 is 0 Å². The third-order valence-corrected chi connectivity index (χ3v) is 6.71. The number of aromatic nitrogens is 4. The van der Waals surface area contributed by atoms with Gasteiger partial charge < -0.3 is 15.5 Å². The Morgan fingerprint density at radius 2 is 1.95 bits per heavy atom. The summed E-state index contributed by atoms with van der Waals surface area (Å²) in [4.78, 5) is 24.4. The number of anilines is 2. The van der Waals surface area contributed by atoms with E-state index in [1.165, 1.54) is 29.4 Å². The summed E-state index contributed by atoms with van der Waals surface area (Å²) in [5.41, 5.74) is 11.7. The number of nitrogen functional groups attached to an aromatic ring is 1. The highest BCUT2D eigenvalue weighted by atomic mass is 16.3. The Balaban J connectivity index is 1.25. The summed E-state index contributed by atoms with van der Waals surface area (Å²) < 4.78 is 7.15. The van der Waals surface area contributed by atoms with Crippen LogP contribution in [0.1, 0.15) is 34.6 Å². The first-order valence-electron chi connectivity index (χ1n) is 12.3. The Morgan fingerprint density at radius 1 is 1.11 bits per heavy atom. The molecule has 0 atom stereocenters. The van der Waals surface area contributed by atoms with E-state index in [4.69, 9.17) is 10.2 Å². The normalized spacial score (nSPS) is 13.9. The second-order valence-electron chi connectivity index (χ2n) is 9.30. The summed E-state index contributed by atoms with van der Waals surface area (Å²) in [6.45, 7) is 5.04. The van der Waals surface area contributed by atoms with Gasteiger partial charge in [-0.3, -0.25) is 9.69 Å². The molecule has 1 fully saturated rings. The van der Waals surface area contributed by atoms with E-state index in [0.717, 1.165) is 30.8 Å². The Labute approximate surface area is 213 Å². The van der Waals surface area contributed by atoms with Gasteiger partial charge in [-0.1, -0.05) is 24.3 Å². The predicted molar refractivity (Wildman–Crippen MR) is 142 cm³/mol. The molecule has 5 heterocycles. The summed E-state index contributed by atoms with van der Waals surface area (Å²) in [6, 6.07) is 15.7. The van der Waals surface area contributed by atoms with Crippen molar-refractivity contribution in [2.45, 2.75) is 26.3 Å². The van der Waals surface area contributed by atoms with Gasteiger partial charge in [0.05, 0.1) is 11.1 Å². The average molecular weight is 494 g/mol. The van der Waals surface area contributed by atoms with E-state index < -0.39 is 0 Å². The van der Waals surface area contributed by atoms with Crippen molar-refractivity contribution >= 4 is 28.5 Å². The molecule has 1 aliphatic heterocycles. The SMILES string of the molecule is Cc1cc(C(=O)Nc2ccc(-c3ccccc3CN3CCCC3)cn2)n(-c2coc3ccnc(N)c23)n1. The van der Waals surface area contributed by atoms with Gasteiger partial charge in [0.1, 0.15) is 34.9 Å². The number of amides is 1. The van der Waals surface area contributed by atoms with Crippen LogP contribution in [0.3, 0.4) is 0 Å². The van der Waals surface area contributed by atoms with E-state index in [2.05, 4.69) is 43.5 Å². The molecule has 9 nitrogen and oxygen atoms in total. The number of carbonyl (C=O) groups excluding carboxylic acids is 1. The van der Waals surface area contributed by atoms with Crippen LogP contribution in [0, 0.1) is 6.92 Å². The molecule has 0 bridgehead atoms. The number of rotatable bonds is 6. The van der Waals surface area contributed by atoms with Crippen LogP contribution in [0.15, 0.2) is 71.6 Å². The molecule has 1 saturated heterocycles. The molecule has 0 unspecified atom stereocenters. The first-order chi connectivity index (χ1) is 18.1. The zero-order valence-electron chi connectivity index (χ0n) is 20.5. The van der Waals surface area contributed by atoms with Crippen LogP contribution < -0.4 is 11.1 Å². The zero-order valence-corrected chi connectivity index (χ0v) is 20.5. The van der Waals surface area contributed by atoms with Crippen molar-refractivity contribution in [1.82, 2.24) is 24.6 Å². The first kappa shape index (κ1) is 22.9. The van der Waals surface area contributed by atoms with Gasteiger partial charge in [0.25, 0.3) is 5.91 Å². The predicted octanol–water partition coefficient (Wildman–Crippen LogP) is 4.81. The third-order valence-electron chi connectivity index (χ3n) is 6.71. The summed E-state index contributed by atoms with van der Waals surface area (Å²) in [6.07, 6.45) is 7.43. The van der Waals surface area contributed by atoms with E-state index in [0.29, 0.717) is 39.7 Å². The molecule has 5 aromatic rings. The standard InChI is InChI=1S/C28H27N7O2/c1-18-14-22(35(33-18)23-17-37-24-10-11-30-27(29)26(23)24)28(36)32-25-9-8-19(15-31-25)21-7-3-2-6-20(21)16-34-12-4-5-13-34/h2-3,6-11,14-15,17H,4-5,12-13,16H2,1H3,(H2,29,30)(H,31,32,36). The first-order valence-corrected chi connectivity index (χ1v) is 12.3. The Morgan fingerprint density at radius 3 is 2.76 bits per heavy atom. The van der Waals surface area contributed by atoms with Crippen LogP contribution in [-0.4, -0.2) is 43.6 Å². The number of hydrogen-bond acceptors (Lipinski definition) is 7. The Bertz CT molecular complexity index is 1580. The molecule has 1 amide bonds. The fourth-order valence-electron chi connectivity index (χ4n) is 4.92. The highest BCUT2D eigenvalue weighted by Gasteiger charge is 2.21. The molecule has 0 saturated carbocycles. The fraction of sp³-hybridized carbons (Fsp3) is 0.214. The van der Waals surface area contributed by atoms with Gasteiger partial charge in [0, 0.05) is 24.5 Å². The van der Waals surface area contributed by atoms with Crippen molar-refractivity contribution in [3.05, 3.63) is 84.1 Å². The summed E-state index contributed by atoms with van der Waals surface area (Å²) >= 11 is 0. The minimum atomic E-state index is -0.341. The molecular formula is C28H27N7O2. The highest BCUT2D eigenvalue weighted by molar-refractivity contribution is 6.04. The number of pyridine rings is 2. The lowest BCUT2D eigenvalue weighted by Gasteiger charge is -2.17. The van der Waals surface area contributed by atoms with Crippen LogP contribution in [0.25, 0.3) is 27.8 Å². The maximum Gasteiger partial charge on any atom is 0.275 e. The molecule has 0 spiro atoms. The zero-order chi connectivity index (χ0) is 25.4. The Kier molecular flexibility index (Phi) is 5.90. The van der Waals surface area contributed by atoms with Gasteiger partial charge in [-0.05, 0) is 68.2 Å². The van der Waals surface area contributed by atoms with E-state index in [-0.39, 0.29) is 5.91 Å². The van der Waals surface area contributed by atoms with Crippen molar-refractivity contribution in [2.75, 3.05) is 24.1 Å². The Hall–Kier alpha value is -4.50. The van der Waals surface area contributed by atoms with Gasteiger partial charge in [-0.25, -0.2) is 14.6 Å². The number of furan rings is 1. The topological polar surface area (TPSA) is 115 Å². The minimum absolute atomic E-state index is 0.308. The molecule has 1 aliphatic rings. The molecule has 3 N–H and O–H groups in total. The average Bonchev–Trinajstić information content (AvgIpc) is 3.65. The number of hydrogen-bond donors (Lipinski definition) is 2. The lowest BCUT2D eigenvalue weighted by Crippen LogP contribution is -2.18. The monoisotopic (exact) mass is 493 g/mol. The summed E-state index contributed by atoms with van der Waals surface area (Å²) in [5, 5.41) is 8.00. The summed E-state index contributed by atoms with van der Waals surface area (Å²) in [5.74, 6) is 0.421. The van der Waals surface area contributed by atoms with Crippen molar-refractivity contribution < 1.29 is 9.21 Å². The molecule has 0 radical (unpaired) electrons. The molecular weight excluding hydrogens is 466 g/mol. The molecule has 0 aliphatic carbocycles. The molecule has 4 aromatic heterocycles. The summed E-state index contributed by atoms with van der Waals surface area (Å²) in [7, 11) is 0. The number of benzene rings is 1. The van der Waals surface area contributed by atoms with E-state index in [1.807, 2.05) is 25.1 Å². The molecule has 9 heteroatoms. The van der Waals surface area contributed by atoms with Crippen molar-refractivity contribution in [3.63, 3.8) is 0 Å². The number of nitrogens with zero attached hydrogens (tertiary/aromatic N) is 5. The smallest absolute Gasteiger partial charge is 0.275 e. The second-order valence-corrected chi connectivity index (χ2v) is 9.30. The van der Waals surface area contributed by atoms with Gasteiger partial charge in [-0.2, -0.15) is 5.10 Å². The van der Waals surface area contributed by atoms with E-state index >= 15 is 0 Å². The highest BCUT2D eigenvalue weighted by Crippen LogP contribution is 2.30. The number of nitrogens with one attached hydrogen (secondary N) is 1. The van der Waals surface area contributed by atoms with Gasteiger partial charge >= 0.3 is 0 Å². The van der Waals surface area contributed by atoms with E-state index in [1.54, 1.807) is 24.5 Å². The van der Waals surface area contributed by atoms with Crippen molar-refractivity contribution in [3.8, 4) is 16.8 Å². The quantitative estimate of drug-likeness (QED) is 0.349. The van der Waals surface area contributed by atoms with Crippen molar-refractivity contribution in [1.29, 1.82) is 0 Å². The second kappa shape index (κ2) is 9.51. The van der Waals surface area contributed by atoms with Crippen LogP contribution in [0.2, 0.25) is 0 Å². The number of nitrogens with two attached hydrogens (primary N) is 1. The third kappa shape index (κ3) is 4.45. The van der Waals surface area contributed by atoms with Gasteiger partial charge in [0.15, 0.2) is 0 Å². The van der Waals surface area contributed by atoms with E-state index in [9.17, 15) is 4.79 Å². The lowest BCUT2D eigenvalue weighted by molar-refractivity contribution is 0.101. The maximum absolute atomic E-state index is 13.3. The molecule has 1 aromatic carbocycles. The number of fused-ring (bicyclic) bond motifs is 1.